The van der Waals surface area contributed by atoms with Crippen molar-refractivity contribution in [3.63, 3.8) is 0 Å². The van der Waals surface area contributed by atoms with E-state index in [9.17, 15) is 4.79 Å². The molecule has 0 N–H and O–H groups in total. The van der Waals surface area contributed by atoms with Crippen molar-refractivity contribution in [2.45, 2.75) is 31.2 Å². The molecule has 1 aliphatic carbocycles. The highest BCUT2D eigenvalue weighted by Crippen LogP contribution is 2.38. The molecule has 1 atom stereocenters. The fourth-order valence-electron chi connectivity index (χ4n) is 2.94. The van der Waals surface area contributed by atoms with E-state index in [4.69, 9.17) is 0 Å². The molecule has 2 nitrogen and oxygen atoms in total. The summed E-state index contributed by atoms with van der Waals surface area (Å²) in [5.41, 5.74) is 2.27. The van der Waals surface area contributed by atoms with Gasteiger partial charge in [-0.1, -0.05) is 30.7 Å². The minimum Gasteiger partial charge on any atom is -0.295 e. The van der Waals surface area contributed by atoms with Gasteiger partial charge in [0.2, 0.25) is 0 Å². The van der Waals surface area contributed by atoms with Gasteiger partial charge in [0.05, 0.1) is 6.04 Å². The summed E-state index contributed by atoms with van der Waals surface area (Å²) in [4.78, 5) is 15.0. The molecule has 0 amide bonds. The number of benzene rings is 1. The quantitative estimate of drug-likeness (QED) is 0.790. The van der Waals surface area contributed by atoms with Gasteiger partial charge < -0.3 is 0 Å². The molecule has 102 valence electrons. The molecular formula is C16H21NOS. The summed E-state index contributed by atoms with van der Waals surface area (Å²) in [6.45, 7) is 1.02. The number of nitrogens with zero attached hydrogens (tertiary/aromatic N) is 1. The molecule has 1 aliphatic heterocycles. The van der Waals surface area contributed by atoms with Crippen LogP contribution in [0.5, 0.6) is 0 Å². The van der Waals surface area contributed by atoms with Gasteiger partial charge >= 0.3 is 0 Å². The van der Waals surface area contributed by atoms with Crippen LogP contribution in [-0.2, 0) is 0 Å². The lowest BCUT2D eigenvalue weighted by molar-refractivity contribution is 0.0872. The minimum atomic E-state index is 0.0694. The Labute approximate surface area is 119 Å². The van der Waals surface area contributed by atoms with Crippen LogP contribution in [0.15, 0.2) is 24.3 Å². The highest BCUT2D eigenvalue weighted by atomic mass is 32.2. The molecule has 3 rings (SSSR count). The number of carbonyl (C=O) groups is 1. The molecule has 1 aromatic carbocycles. The summed E-state index contributed by atoms with van der Waals surface area (Å²) >= 11 is 1.90. The van der Waals surface area contributed by atoms with E-state index in [2.05, 4.69) is 24.1 Å². The molecule has 3 heteroatoms. The van der Waals surface area contributed by atoms with Gasteiger partial charge in [-0.3, -0.25) is 9.69 Å². The number of carbonyl (C=O) groups excluding carboxylic acids is 1. The Balaban J connectivity index is 1.86. The third-order valence-corrected chi connectivity index (χ3v) is 5.49. The van der Waals surface area contributed by atoms with E-state index in [0.29, 0.717) is 11.7 Å². The Kier molecular flexibility index (Phi) is 3.94. The Hall–Kier alpha value is -0.800. The van der Waals surface area contributed by atoms with Crippen LogP contribution >= 0.6 is 11.8 Å². The molecule has 0 radical (unpaired) electrons. The van der Waals surface area contributed by atoms with Crippen molar-refractivity contribution in [3.8, 4) is 0 Å². The maximum Gasteiger partial charge on any atom is 0.181 e. The molecule has 19 heavy (non-hydrogen) atoms. The monoisotopic (exact) mass is 275 g/mol. The predicted molar refractivity (Wildman–Crippen MR) is 81.1 cm³/mol. The lowest BCUT2D eigenvalue weighted by Crippen LogP contribution is -2.45. The third kappa shape index (κ3) is 2.59. The van der Waals surface area contributed by atoms with Gasteiger partial charge in [0.25, 0.3) is 0 Å². The SMILES string of the molecule is CN1CCSCC1C(=O)c1ccccc1C1CCC1. The maximum atomic E-state index is 12.8. The van der Waals surface area contributed by atoms with Crippen molar-refractivity contribution < 1.29 is 4.79 Å². The van der Waals surface area contributed by atoms with Gasteiger partial charge in [-0.15, -0.1) is 0 Å². The van der Waals surface area contributed by atoms with Crippen LogP contribution in [0.4, 0.5) is 0 Å². The van der Waals surface area contributed by atoms with Crippen LogP contribution in [0.1, 0.15) is 41.1 Å². The molecule has 2 fully saturated rings. The van der Waals surface area contributed by atoms with Crippen molar-refractivity contribution >= 4 is 17.5 Å². The predicted octanol–water partition coefficient (Wildman–Crippen LogP) is 3.18. The van der Waals surface area contributed by atoms with E-state index in [1.165, 1.54) is 24.8 Å². The summed E-state index contributed by atoms with van der Waals surface area (Å²) in [6.07, 6.45) is 3.81. The fourth-order valence-corrected chi connectivity index (χ4v) is 4.15. The highest BCUT2D eigenvalue weighted by Gasteiger charge is 2.31. The first-order valence-corrected chi connectivity index (χ1v) is 8.34. The van der Waals surface area contributed by atoms with Crippen LogP contribution in [0.2, 0.25) is 0 Å². The largest absolute Gasteiger partial charge is 0.295 e. The first kappa shape index (κ1) is 13.2. The van der Waals surface area contributed by atoms with Gasteiger partial charge in [-0.25, -0.2) is 0 Å². The number of rotatable bonds is 3. The van der Waals surface area contributed by atoms with Gasteiger partial charge in [0.1, 0.15) is 0 Å². The molecule has 1 saturated carbocycles. The van der Waals surface area contributed by atoms with E-state index in [1.54, 1.807) is 0 Å². The summed E-state index contributed by atoms with van der Waals surface area (Å²) in [6, 6.07) is 8.34. The molecule has 1 saturated heterocycles. The Morgan fingerprint density at radius 2 is 2.11 bits per heavy atom. The van der Waals surface area contributed by atoms with E-state index >= 15 is 0 Å². The molecule has 0 spiro atoms. The minimum absolute atomic E-state index is 0.0694. The second kappa shape index (κ2) is 5.68. The number of likely N-dealkylation sites (N-methyl/N-ethyl adjacent to an activating group) is 1. The summed E-state index contributed by atoms with van der Waals surface area (Å²) < 4.78 is 0. The molecule has 0 bridgehead atoms. The van der Waals surface area contributed by atoms with Crippen molar-refractivity contribution in [1.29, 1.82) is 0 Å². The normalized spacial score (nSPS) is 25.0. The number of ketones is 1. The highest BCUT2D eigenvalue weighted by molar-refractivity contribution is 7.99. The molecule has 1 unspecified atom stereocenters. The molecule has 2 aliphatic rings. The average molecular weight is 275 g/mol. The van der Waals surface area contributed by atoms with Gasteiger partial charge in [-0.2, -0.15) is 11.8 Å². The van der Waals surface area contributed by atoms with Crippen molar-refractivity contribution in [3.05, 3.63) is 35.4 Å². The van der Waals surface area contributed by atoms with E-state index in [0.717, 1.165) is 23.6 Å². The molecule has 0 aromatic heterocycles. The standard InChI is InChI=1S/C16H21NOS/c1-17-9-10-19-11-15(17)16(18)14-8-3-2-7-13(14)12-5-4-6-12/h2-3,7-8,12,15H,4-6,9-11H2,1H3. The maximum absolute atomic E-state index is 12.8. The number of hydrogen-bond acceptors (Lipinski definition) is 3. The van der Waals surface area contributed by atoms with Crippen molar-refractivity contribution in [1.82, 2.24) is 4.90 Å². The summed E-state index contributed by atoms with van der Waals surface area (Å²) in [5.74, 6) is 3.04. The second-order valence-corrected chi connectivity index (χ2v) is 6.80. The van der Waals surface area contributed by atoms with Crippen molar-refractivity contribution in [2.24, 2.45) is 0 Å². The summed E-state index contributed by atoms with van der Waals surface area (Å²) in [7, 11) is 2.08. The fraction of sp³-hybridized carbons (Fsp3) is 0.562. The number of Topliss-reactive ketones (excluding diaryl/α,β-unsaturated/α-hetero) is 1. The molecule has 1 heterocycles. The Bertz CT molecular complexity index is 470. The van der Waals surface area contributed by atoms with E-state index in [1.807, 2.05) is 23.9 Å². The first-order valence-electron chi connectivity index (χ1n) is 7.18. The van der Waals surface area contributed by atoms with Crippen LogP contribution in [0.3, 0.4) is 0 Å². The van der Waals surface area contributed by atoms with Gasteiger partial charge in [0, 0.05) is 23.6 Å². The zero-order valence-electron chi connectivity index (χ0n) is 11.5. The van der Waals surface area contributed by atoms with E-state index < -0.39 is 0 Å². The van der Waals surface area contributed by atoms with E-state index in [-0.39, 0.29) is 6.04 Å². The molecular weight excluding hydrogens is 254 g/mol. The topological polar surface area (TPSA) is 20.3 Å². The first-order chi connectivity index (χ1) is 9.27. The van der Waals surface area contributed by atoms with Crippen LogP contribution < -0.4 is 0 Å². The average Bonchev–Trinajstić information content (AvgIpc) is 2.37. The zero-order chi connectivity index (χ0) is 13.2. The number of hydrogen-bond donors (Lipinski definition) is 0. The van der Waals surface area contributed by atoms with Crippen LogP contribution in [0, 0.1) is 0 Å². The third-order valence-electron chi connectivity index (χ3n) is 4.47. The van der Waals surface area contributed by atoms with Crippen molar-refractivity contribution in [2.75, 3.05) is 25.1 Å². The van der Waals surface area contributed by atoms with Crippen LogP contribution in [0.25, 0.3) is 0 Å². The Morgan fingerprint density at radius 1 is 1.32 bits per heavy atom. The van der Waals surface area contributed by atoms with Gasteiger partial charge in [-0.05, 0) is 31.4 Å². The molecule has 1 aromatic rings. The lowest BCUT2D eigenvalue weighted by Gasteiger charge is -2.33. The second-order valence-electron chi connectivity index (χ2n) is 5.65. The van der Waals surface area contributed by atoms with Gasteiger partial charge in [0.15, 0.2) is 5.78 Å². The zero-order valence-corrected chi connectivity index (χ0v) is 12.3. The smallest absolute Gasteiger partial charge is 0.181 e. The Morgan fingerprint density at radius 3 is 2.79 bits per heavy atom. The lowest BCUT2D eigenvalue weighted by atomic mass is 9.77. The summed E-state index contributed by atoms with van der Waals surface area (Å²) in [5, 5.41) is 0. The van der Waals surface area contributed by atoms with Crippen LogP contribution in [-0.4, -0.2) is 41.8 Å². The number of thioether (sulfide) groups is 1.